The van der Waals surface area contributed by atoms with E-state index in [4.69, 9.17) is 0 Å². The van der Waals surface area contributed by atoms with Gasteiger partial charge in [-0.05, 0) is 23.2 Å². The monoisotopic (exact) mass is 256 g/mol. The molecule has 2 N–H and O–H groups in total. The first-order valence-electron chi connectivity index (χ1n) is 5.82. The molecule has 0 aromatic carbocycles. The van der Waals surface area contributed by atoms with Gasteiger partial charge in [-0.1, -0.05) is 13.8 Å². The number of fused-ring (bicyclic) bond motifs is 1. The predicted octanol–water partition coefficient (Wildman–Crippen LogP) is 1.84. The van der Waals surface area contributed by atoms with Crippen molar-refractivity contribution < 1.29 is 4.79 Å². The van der Waals surface area contributed by atoms with Crippen LogP contribution in [0, 0.1) is 0 Å². The van der Waals surface area contributed by atoms with Gasteiger partial charge in [0.15, 0.2) is 5.82 Å². The van der Waals surface area contributed by atoms with E-state index >= 15 is 0 Å². The van der Waals surface area contributed by atoms with Gasteiger partial charge in [0.1, 0.15) is 0 Å². The van der Waals surface area contributed by atoms with Crippen molar-refractivity contribution in [3.05, 3.63) is 11.3 Å². The number of nitrogens with zero attached hydrogens (tertiary/aromatic N) is 2. The molecule has 0 fully saturated rings. The Morgan fingerprint density at radius 1 is 1.53 bits per heavy atom. The molecule has 1 aromatic heterocycles. The molecule has 0 aliphatic carbocycles. The largest absolute Gasteiger partial charge is 0.309 e. The molecule has 96 valence electrons. The third kappa shape index (κ3) is 2.67. The second-order valence-electron chi connectivity index (χ2n) is 4.28. The molecule has 0 spiro atoms. The summed E-state index contributed by atoms with van der Waals surface area (Å²) in [5.41, 5.74) is 2.09. The van der Waals surface area contributed by atoms with E-state index in [1.807, 2.05) is 13.8 Å². The molecule has 0 radical (unpaired) electrons. The molecule has 1 aliphatic heterocycles. The molecule has 1 atom stereocenters. The molecular weight excluding hydrogens is 235 g/mol. The minimum Gasteiger partial charge on any atom is -0.309 e. The van der Waals surface area contributed by atoms with Gasteiger partial charge >= 0.3 is 0 Å². The number of carbonyl (C=O) groups excluding carboxylic acids is 1. The fourth-order valence-electron chi connectivity index (χ4n) is 1.96. The maximum atomic E-state index is 11.0. The molecule has 2 rings (SSSR count). The maximum Gasteiger partial charge on any atom is 0.222 e. The van der Waals surface area contributed by atoms with E-state index in [0.29, 0.717) is 5.82 Å². The van der Waals surface area contributed by atoms with Crippen molar-refractivity contribution in [2.24, 2.45) is 0 Å². The van der Waals surface area contributed by atoms with Crippen molar-refractivity contribution in [2.75, 3.05) is 5.32 Å². The second kappa shape index (κ2) is 5.15. The quantitative estimate of drug-likeness (QED) is 0.754. The van der Waals surface area contributed by atoms with E-state index in [-0.39, 0.29) is 11.4 Å². The first-order valence-corrected chi connectivity index (χ1v) is 6.33. The van der Waals surface area contributed by atoms with Crippen molar-refractivity contribution in [1.82, 2.24) is 14.9 Å². The minimum atomic E-state index is -0.0964. The highest BCUT2D eigenvalue weighted by atomic mass is 31.0. The van der Waals surface area contributed by atoms with Crippen LogP contribution in [0.3, 0.4) is 0 Å². The minimum absolute atomic E-state index is 0.0920. The van der Waals surface area contributed by atoms with Crippen LogP contribution in [0.5, 0.6) is 0 Å². The van der Waals surface area contributed by atoms with Gasteiger partial charge in [0.2, 0.25) is 5.91 Å². The Kier molecular flexibility index (Phi) is 4.28. The van der Waals surface area contributed by atoms with Gasteiger partial charge in [0.25, 0.3) is 0 Å². The normalized spacial score (nSPS) is 15.9. The molecule has 2 heterocycles. The Hall–Kier alpha value is -0.930. The van der Waals surface area contributed by atoms with Crippen LogP contribution in [-0.4, -0.2) is 15.5 Å². The Morgan fingerprint density at radius 3 is 2.65 bits per heavy atom. The number of aromatic nitrogens is 2. The van der Waals surface area contributed by atoms with Crippen LogP contribution in [-0.2, 0) is 16.9 Å². The zero-order chi connectivity index (χ0) is 13.2. The van der Waals surface area contributed by atoms with Crippen molar-refractivity contribution in [3.8, 4) is 0 Å². The molecule has 0 saturated heterocycles. The highest BCUT2D eigenvalue weighted by Gasteiger charge is 2.35. The summed E-state index contributed by atoms with van der Waals surface area (Å²) in [7, 11) is 2.54. The molecule has 0 bridgehead atoms. The highest BCUT2D eigenvalue weighted by molar-refractivity contribution is 7.14. The number of amides is 1. The molecule has 5 nitrogen and oxygen atoms in total. The second-order valence-corrected chi connectivity index (χ2v) is 4.77. The average Bonchev–Trinajstić information content (AvgIpc) is 2.70. The lowest BCUT2D eigenvalue weighted by molar-refractivity contribution is -0.114. The van der Waals surface area contributed by atoms with E-state index in [9.17, 15) is 4.79 Å². The number of nitrogens with one attached hydrogen (secondary N) is 2. The van der Waals surface area contributed by atoms with Gasteiger partial charge in [0.05, 0.1) is 11.2 Å². The van der Waals surface area contributed by atoms with Crippen LogP contribution in [0.1, 0.15) is 45.9 Å². The summed E-state index contributed by atoms with van der Waals surface area (Å²) >= 11 is 0. The Bertz CT molecular complexity index is 425. The average molecular weight is 256 g/mol. The fraction of sp³-hybridized carbons (Fsp3) is 0.636. The smallest absolute Gasteiger partial charge is 0.222 e. The van der Waals surface area contributed by atoms with Crippen LogP contribution in [0.15, 0.2) is 0 Å². The number of hydrogen-bond acceptors (Lipinski definition) is 3. The SMILES string of the molecule is CC.CC(=O)Nc1nn(P)c2c1CNC2(C)C. The van der Waals surface area contributed by atoms with Crippen LogP contribution in [0.25, 0.3) is 0 Å². The third-order valence-corrected chi connectivity index (χ3v) is 2.98. The lowest BCUT2D eigenvalue weighted by atomic mass is 10.0. The number of carbonyl (C=O) groups is 1. The zero-order valence-electron chi connectivity index (χ0n) is 11.1. The molecule has 0 saturated carbocycles. The van der Waals surface area contributed by atoms with Gasteiger partial charge < -0.3 is 10.6 Å². The van der Waals surface area contributed by atoms with E-state index in [1.54, 1.807) is 4.45 Å². The first-order chi connectivity index (χ1) is 7.92. The molecule has 1 aromatic rings. The van der Waals surface area contributed by atoms with E-state index < -0.39 is 0 Å². The number of rotatable bonds is 1. The molecule has 6 heteroatoms. The predicted molar refractivity (Wildman–Crippen MR) is 72.9 cm³/mol. The van der Waals surface area contributed by atoms with Crippen LogP contribution < -0.4 is 10.6 Å². The fourth-order valence-corrected chi connectivity index (χ4v) is 2.55. The summed E-state index contributed by atoms with van der Waals surface area (Å²) in [6.45, 7) is 10.4. The molecule has 1 unspecified atom stereocenters. The summed E-state index contributed by atoms with van der Waals surface area (Å²) < 4.78 is 1.75. The van der Waals surface area contributed by atoms with Crippen molar-refractivity contribution in [2.45, 2.75) is 46.7 Å². The Labute approximate surface area is 105 Å². The molecular formula is C11H21N4OP. The number of anilines is 1. The lowest BCUT2D eigenvalue weighted by Gasteiger charge is -2.19. The first kappa shape index (κ1) is 14.1. The van der Waals surface area contributed by atoms with Gasteiger partial charge in [-0.15, -0.1) is 0 Å². The summed E-state index contributed by atoms with van der Waals surface area (Å²) in [5.74, 6) is 0.566. The van der Waals surface area contributed by atoms with E-state index in [0.717, 1.165) is 17.8 Å². The summed E-state index contributed by atoms with van der Waals surface area (Å²) in [5, 5.41) is 10.4. The van der Waals surface area contributed by atoms with E-state index in [1.165, 1.54) is 6.92 Å². The Balaban J connectivity index is 0.000000686. The van der Waals surface area contributed by atoms with Gasteiger partial charge in [-0.2, -0.15) is 5.10 Å². The number of hydrogen-bond donors (Lipinski definition) is 2. The zero-order valence-corrected chi connectivity index (χ0v) is 12.2. The van der Waals surface area contributed by atoms with Gasteiger partial charge in [-0.25, -0.2) is 0 Å². The lowest BCUT2D eigenvalue weighted by Crippen LogP contribution is -2.30. The van der Waals surface area contributed by atoms with Crippen molar-refractivity contribution >= 4 is 21.1 Å². The van der Waals surface area contributed by atoms with Crippen LogP contribution in [0.4, 0.5) is 5.82 Å². The van der Waals surface area contributed by atoms with Crippen molar-refractivity contribution in [3.63, 3.8) is 0 Å². The highest BCUT2D eigenvalue weighted by Crippen LogP contribution is 2.35. The van der Waals surface area contributed by atoms with E-state index in [2.05, 4.69) is 39.0 Å². The summed E-state index contributed by atoms with van der Waals surface area (Å²) in [6, 6.07) is 0. The molecule has 1 amide bonds. The standard InChI is InChI=1S/C9H15N4OP.C2H6/c1-5(14)11-8-6-4-10-9(2,3)7(6)13(15)12-8;1-2/h10H,4,15H2,1-3H3,(H,11,12,14);1-2H3. The van der Waals surface area contributed by atoms with Gasteiger partial charge in [-0.3, -0.25) is 9.25 Å². The Morgan fingerprint density at radius 2 is 2.12 bits per heavy atom. The topological polar surface area (TPSA) is 59.0 Å². The third-order valence-electron chi connectivity index (χ3n) is 2.60. The van der Waals surface area contributed by atoms with Crippen LogP contribution >= 0.6 is 9.39 Å². The van der Waals surface area contributed by atoms with Crippen LogP contribution in [0.2, 0.25) is 0 Å². The maximum absolute atomic E-state index is 11.0. The summed E-state index contributed by atoms with van der Waals surface area (Å²) in [6.07, 6.45) is 0. The van der Waals surface area contributed by atoms with Gasteiger partial charge in [0, 0.05) is 19.0 Å². The molecule has 1 aliphatic rings. The molecule has 17 heavy (non-hydrogen) atoms. The van der Waals surface area contributed by atoms with Crippen molar-refractivity contribution in [1.29, 1.82) is 0 Å². The summed E-state index contributed by atoms with van der Waals surface area (Å²) in [4.78, 5) is 11.0.